The Hall–Kier alpha value is -1.31. The lowest BCUT2D eigenvalue weighted by atomic mass is 10.2. The summed E-state index contributed by atoms with van der Waals surface area (Å²) >= 11 is 1.69. The first-order valence-corrected chi connectivity index (χ1v) is 9.16. The first kappa shape index (κ1) is 17.7. The molecule has 1 rings (SSSR count). The van der Waals surface area contributed by atoms with Crippen LogP contribution < -0.4 is 4.72 Å². The van der Waals surface area contributed by atoms with Crippen LogP contribution in [0.3, 0.4) is 0 Å². The highest BCUT2D eigenvalue weighted by Crippen LogP contribution is 2.13. The third-order valence-electron chi connectivity index (χ3n) is 2.85. The molecule has 1 aromatic rings. The van der Waals surface area contributed by atoms with Crippen LogP contribution in [0.1, 0.15) is 18.9 Å². The zero-order valence-corrected chi connectivity index (χ0v) is 13.6. The third-order valence-corrected chi connectivity index (χ3v) is 5.37. The summed E-state index contributed by atoms with van der Waals surface area (Å²) in [5, 5.41) is 8.93. The summed E-state index contributed by atoms with van der Waals surface area (Å²) in [6, 6.07) is 6.06. The molecule has 0 aliphatic carbocycles. The Bertz CT molecular complexity index is 594. The topological polar surface area (TPSA) is 83.5 Å². The monoisotopic (exact) mass is 329 g/mol. The second-order valence-electron chi connectivity index (χ2n) is 4.47. The van der Waals surface area contributed by atoms with Crippen molar-refractivity contribution in [2.75, 3.05) is 12.8 Å². The van der Waals surface area contributed by atoms with Crippen molar-refractivity contribution in [2.45, 2.75) is 23.5 Å². The number of carboxylic acids is 1. The summed E-state index contributed by atoms with van der Waals surface area (Å²) in [6.07, 6.45) is 5.17. The molecular weight excluding hydrogens is 310 g/mol. The molecule has 5 nitrogen and oxygen atoms in total. The molecule has 2 N–H and O–H groups in total. The Morgan fingerprint density at radius 3 is 2.52 bits per heavy atom. The summed E-state index contributed by atoms with van der Waals surface area (Å²) in [7, 11) is -3.51. The molecule has 0 amide bonds. The van der Waals surface area contributed by atoms with Crippen LogP contribution in [0.2, 0.25) is 0 Å². The number of hydrogen-bond acceptors (Lipinski definition) is 4. The van der Waals surface area contributed by atoms with E-state index in [4.69, 9.17) is 5.11 Å². The fourth-order valence-electron chi connectivity index (χ4n) is 1.52. The summed E-state index contributed by atoms with van der Waals surface area (Å²) in [4.78, 5) is 10.6. The predicted molar refractivity (Wildman–Crippen MR) is 85.9 cm³/mol. The first-order valence-electron chi connectivity index (χ1n) is 6.38. The van der Waals surface area contributed by atoms with Crippen LogP contribution in [0.25, 0.3) is 6.08 Å². The van der Waals surface area contributed by atoms with Crippen molar-refractivity contribution in [2.24, 2.45) is 0 Å². The highest BCUT2D eigenvalue weighted by Gasteiger charge is 2.13. The summed E-state index contributed by atoms with van der Waals surface area (Å²) in [5.41, 5.74) is 0.632. The van der Waals surface area contributed by atoms with E-state index < -0.39 is 16.0 Å². The lowest BCUT2D eigenvalue weighted by Gasteiger charge is -2.10. The van der Waals surface area contributed by atoms with E-state index in [2.05, 4.69) is 4.72 Å². The van der Waals surface area contributed by atoms with E-state index in [1.165, 1.54) is 18.2 Å². The van der Waals surface area contributed by atoms with Gasteiger partial charge in [0.15, 0.2) is 0 Å². The van der Waals surface area contributed by atoms with Crippen LogP contribution in [-0.4, -0.2) is 37.5 Å². The van der Waals surface area contributed by atoms with E-state index >= 15 is 0 Å². The number of nitrogens with one attached hydrogen (secondary N) is 1. The van der Waals surface area contributed by atoms with Gasteiger partial charge in [-0.3, -0.25) is 0 Å². The molecule has 1 atom stereocenters. The Labute approximate surface area is 129 Å². The van der Waals surface area contributed by atoms with Gasteiger partial charge in [-0.05, 0) is 36.4 Å². The van der Waals surface area contributed by atoms with Crippen molar-refractivity contribution in [1.82, 2.24) is 4.72 Å². The van der Waals surface area contributed by atoms with E-state index in [0.717, 1.165) is 12.5 Å². The number of carboxylic acid groups (broad SMARTS) is 1. The van der Waals surface area contributed by atoms with Crippen molar-refractivity contribution in [3.8, 4) is 0 Å². The van der Waals surface area contributed by atoms with Crippen LogP contribution in [0.5, 0.6) is 0 Å². The number of hydrogen-bond donors (Lipinski definition) is 2. The maximum Gasteiger partial charge on any atom is 0.328 e. The molecule has 0 heterocycles. The van der Waals surface area contributed by atoms with E-state index in [1.54, 1.807) is 23.9 Å². The molecule has 1 aromatic carbocycles. The molecule has 0 aliphatic heterocycles. The Morgan fingerprint density at radius 2 is 2.00 bits per heavy atom. The average Bonchev–Trinajstić information content (AvgIpc) is 2.45. The van der Waals surface area contributed by atoms with E-state index in [9.17, 15) is 13.2 Å². The van der Waals surface area contributed by atoms with E-state index in [1.807, 2.05) is 13.2 Å². The Balaban J connectivity index is 2.69. The normalized spacial score (nSPS) is 13.4. The van der Waals surface area contributed by atoms with Gasteiger partial charge in [-0.1, -0.05) is 19.1 Å². The van der Waals surface area contributed by atoms with Crippen LogP contribution in [-0.2, 0) is 14.8 Å². The molecular formula is C14H19NO4S2. The highest BCUT2D eigenvalue weighted by molar-refractivity contribution is 7.99. The fraction of sp³-hybridized carbons (Fsp3) is 0.357. The van der Waals surface area contributed by atoms with Gasteiger partial charge < -0.3 is 5.11 Å². The quantitative estimate of drug-likeness (QED) is 0.714. The Morgan fingerprint density at radius 1 is 1.38 bits per heavy atom. The van der Waals surface area contributed by atoms with Crippen LogP contribution in [0.4, 0.5) is 0 Å². The van der Waals surface area contributed by atoms with Crippen molar-refractivity contribution in [1.29, 1.82) is 0 Å². The molecule has 0 bridgehead atoms. The van der Waals surface area contributed by atoms with E-state index in [0.29, 0.717) is 17.4 Å². The lowest BCUT2D eigenvalue weighted by molar-refractivity contribution is -0.131. The minimum Gasteiger partial charge on any atom is -0.478 e. The van der Waals surface area contributed by atoms with Crippen molar-refractivity contribution < 1.29 is 18.3 Å². The number of carbonyl (C=O) groups is 1. The Kier molecular flexibility index (Phi) is 6.94. The van der Waals surface area contributed by atoms with Gasteiger partial charge in [-0.2, -0.15) is 11.8 Å². The van der Waals surface area contributed by atoms with Crippen molar-refractivity contribution >= 4 is 33.8 Å². The van der Waals surface area contributed by atoms with Crippen LogP contribution in [0, 0.1) is 0 Å². The molecule has 0 saturated heterocycles. The molecule has 0 aliphatic rings. The number of thioether (sulfide) groups is 1. The van der Waals surface area contributed by atoms with Gasteiger partial charge in [0.2, 0.25) is 10.0 Å². The number of rotatable bonds is 8. The minimum absolute atomic E-state index is 0.173. The number of aliphatic carboxylic acids is 1. The zero-order chi connectivity index (χ0) is 15.9. The fourth-order valence-corrected chi connectivity index (χ4v) is 2.92. The first-order chi connectivity index (χ1) is 9.85. The van der Waals surface area contributed by atoms with Crippen LogP contribution in [0.15, 0.2) is 35.2 Å². The minimum atomic E-state index is -3.51. The van der Waals surface area contributed by atoms with Gasteiger partial charge >= 0.3 is 5.97 Å². The molecule has 0 aromatic heterocycles. The maximum atomic E-state index is 12.0. The van der Waals surface area contributed by atoms with Crippen molar-refractivity contribution in [3.05, 3.63) is 35.9 Å². The lowest BCUT2D eigenvalue weighted by Crippen LogP contribution is -2.26. The largest absolute Gasteiger partial charge is 0.478 e. The molecule has 0 saturated carbocycles. The standard InChI is InChI=1S/C14H19NO4S2/c1-11(20-2)9-10-15-21(18,19)13-6-3-12(4-7-13)5-8-14(16)17/h3-8,11,15H,9-10H2,1-2H3,(H,16,17)/b8-5+. The van der Waals surface area contributed by atoms with Gasteiger partial charge in [0, 0.05) is 17.9 Å². The van der Waals surface area contributed by atoms with Gasteiger partial charge in [0.25, 0.3) is 0 Å². The number of sulfonamides is 1. The third kappa shape index (κ3) is 6.33. The average molecular weight is 329 g/mol. The molecule has 1 unspecified atom stereocenters. The smallest absolute Gasteiger partial charge is 0.328 e. The highest BCUT2D eigenvalue weighted by atomic mass is 32.2. The zero-order valence-electron chi connectivity index (χ0n) is 11.9. The molecule has 116 valence electrons. The summed E-state index contributed by atoms with van der Waals surface area (Å²) in [5.74, 6) is -1.05. The molecule has 7 heteroatoms. The summed E-state index contributed by atoms with van der Waals surface area (Å²) < 4.78 is 26.7. The van der Waals surface area contributed by atoms with E-state index in [-0.39, 0.29) is 4.90 Å². The van der Waals surface area contributed by atoms with Gasteiger partial charge in [-0.15, -0.1) is 0 Å². The van der Waals surface area contributed by atoms with Crippen molar-refractivity contribution in [3.63, 3.8) is 0 Å². The van der Waals surface area contributed by atoms with Gasteiger partial charge in [-0.25, -0.2) is 17.9 Å². The second kappa shape index (κ2) is 8.21. The maximum absolute atomic E-state index is 12.0. The molecule has 0 spiro atoms. The van der Waals surface area contributed by atoms with Gasteiger partial charge in [0.05, 0.1) is 4.90 Å². The molecule has 0 fully saturated rings. The van der Waals surface area contributed by atoms with Gasteiger partial charge in [0.1, 0.15) is 0 Å². The second-order valence-corrected chi connectivity index (χ2v) is 7.52. The predicted octanol–water partition coefficient (Wildman–Crippen LogP) is 2.20. The van der Waals surface area contributed by atoms with Crippen LogP contribution >= 0.6 is 11.8 Å². The molecule has 0 radical (unpaired) electrons. The molecule has 21 heavy (non-hydrogen) atoms. The summed E-state index contributed by atoms with van der Waals surface area (Å²) in [6.45, 7) is 2.44. The number of benzene rings is 1. The SMILES string of the molecule is CSC(C)CCNS(=O)(=O)c1ccc(/C=C/C(=O)O)cc1.